The smallest absolute Gasteiger partial charge is 0.0496 e. The zero-order valence-corrected chi connectivity index (χ0v) is 19.5. The van der Waals surface area contributed by atoms with Gasteiger partial charge >= 0.3 is 0 Å². The van der Waals surface area contributed by atoms with Crippen LogP contribution in [-0.2, 0) is 5.41 Å². The average Bonchev–Trinajstić information content (AvgIpc) is 3.45. The summed E-state index contributed by atoms with van der Waals surface area (Å²) in [6.45, 7) is 0. The van der Waals surface area contributed by atoms with Crippen LogP contribution in [0.1, 0.15) is 45.8 Å². The Labute approximate surface area is 207 Å². The van der Waals surface area contributed by atoms with Gasteiger partial charge in [-0.1, -0.05) is 140 Å². The van der Waals surface area contributed by atoms with Crippen molar-refractivity contribution in [3.05, 3.63) is 167 Å². The van der Waals surface area contributed by atoms with Gasteiger partial charge < -0.3 is 5.32 Å². The van der Waals surface area contributed by atoms with Crippen LogP contribution in [-0.4, -0.2) is 0 Å². The van der Waals surface area contributed by atoms with Crippen molar-refractivity contribution in [2.75, 3.05) is 0 Å². The summed E-state index contributed by atoms with van der Waals surface area (Å²) in [7, 11) is 0. The first-order chi connectivity index (χ1) is 17.4. The number of nitrogens with one attached hydrogen (secondary N) is 1. The van der Waals surface area contributed by atoms with Crippen LogP contribution < -0.4 is 5.32 Å². The summed E-state index contributed by atoms with van der Waals surface area (Å²) < 4.78 is 0. The Morgan fingerprint density at radius 3 is 1.40 bits per heavy atom. The summed E-state index contributed by atoms with van der Waals surface area (Å²) in [6, 6.07) is 51.6. The third kappa shape index (κ3) is 2.92. The van der Waals surface area contributed by atoms with Crippen LogP contribution in [0.25, 0.3) is 11.1 Å². The number of rotatable bonds is 3. The second kappa shape index (κ2) is 8.08. The summed E-state index contributed by atoms with van der Waals surface area (Å²) in [5.74, 6) is 0.223. The molecule has 1 saturated heterocycles. The minimum Gasteiger partial charge on any atom is -0.301 e. The number of fused-ring (bicyclic) bond motifs is 5. The van der Waals surface area contributed by atoms with E-state index in [-0.39, 0.29) is 23.4 Å². The molecule has 1 aliphatic carbocycles. The van der Waals surface area contributed by atoms with E-state index in [1.165, 1.54) is 38.9 Å². The lowest BCUT2D eigenvalue weighted by Crippen LogP contribution is -2.36. The molecule has 35 heavy (non-hydrogen) atoms. The maximum absolute atomic E-state index is 4.19. The van der Waals surface area contributed by atoms with Gasteiger partial charge in [0.15, 0.2) is 0 Å². The second-order valence-electron chi connectivity index (χ2n) is 9.75. The zero-order chi connectivity index (χ0) is 23.2. The summed E-state index contributed by atoms with van der Waals surface area (Å²) in [5, 5.41) is 4.19. The van der Waals surface area contributed by atoms with Crippen molar-refractivity contribution >= 4 is 0 Å². The second-order valence-corrected chi connectivity index (χ2v) is 9.75. The Morgan fingerprint density at radius 2 is 0.857 bits per heavy atom. The van der Waals surface area contributed by atoms with Crippen molar-refractivity contribution in [1.82, 2.24) is 5.32 Å². The number of benzene rings is 5. The van der Waals surface area contributed by atoms with E-state index in [1.807, 2.05) is 0 Å². The molecule has 0 saturated carbocycles. The molecule has 7 rings (SSSR count). The normalized spacial score (nSPS) is 21.5. The Hall–Kier alpha value is -3.94. The molecule has 1 nitrogen and oxygen atoms in total. The monoisotopic (exact) mass is 449 g/mol. The molecule has 0 bridgehead atoms. The van der Waals surface area contributed by atoms with E-state index in [9.17, 15) is 0 Å². The molecule has 0 unspecified atom stereocenters. The minimum absolute atomic E-state index is 0.129. The molecular formula is C34H27N. The molecule has 1 spiro atoms. The fraction of sp³-hybridized carbons (Fsp3) is 0.118. The molecule has 1 heterocycles. The predicted molar refractivity (Wildman–Crippen MR) is 143 cm³/mol. The molecule has 1 fully saturated rings. The molecule has 168 valence electrons. The average molecular weight is 450 g/mol. The molecule has 1 aliphatic heterocycles. The van der Waals surface area contributed by atoms with Crippen LogP contribution in [0.5, 0.6) is 0 Å². The molecule has 2 aliphatic rings. The minimum atomic E-state index is -0.240. The standard InChI is InChI=1S/C34H27N/c1-4-14-24(15-5-1)31-32(25-16-6-2-7-17-25)35-33(26-18-8-3-9-19-26)34(31)29-22-12-10-20-27(29)28-21-11-13-23-30(28)34/h1-23,31-33,35H/t31-,32+,33-/m1/s1. The lowest BCUT2D eigenvalue weighted by molar-refractivity contribution is 0.420. The maximum atomic E-state index is 4.19. The van der Waals surface area contributed by atoms with Gasteiger partial charge in [-0.2, -0.15) is 0 Å². The lowest BCUT2D eigenvalue weighted by atomic mass is 9.61. The Morgan fingerprint density at radius 1 is 0.429 bits per heavy atom. The maximum Gasteiger partial charge on any atom is 0.0496 e. The first-order valence-corrected chi connectivity index (χ1v) is 12.5. The van der Waals surface area contributed by atoms with Crippen LogP contribution >= 0.6 is 0 Å². The zero-order valence-electron chi connectivity index (χ0n) is 19.5. The van der Waals surface area contributed by atoms with E-state index in [4.69, 9.17) is 0 Å². The largest absolute Gasteiger partial charge is 0.301 e. The third-order valence-corrected chi connectivity index (χ3v) is 8.11. The fourth-order valence-corrected chi connectivity index (χ4v) is 6.87. The van der Waals surface area contributed by atoms with Crippen molar-refractivity contribution in [2.24, 2.45) is 0 Å². The van der Waals surface area contributed by atoms with Gasteiger partial charge in [-0.3, -0.25) is 0 Å². The van der Waals surface area contributed by atoms with Gasteiger partial charge in [0.2, 0.25) is 0 Å². The molecule has 0 radical (unpaired) electrons. The van der Waals surface area contributed by atoms with Crippen molar-refractivity contribution in [3.63, 3.8) is 0 Å². The summed E-state index contributed by atoms with van der Waals surface area (Å²) in [6.07, 6.45) is 0. The quantitative estimate of drug-likeness (QED) is 0.296. The summed E-state index contributed by atoms with van der Waals surface area (Å²) >= 11 is 0. The molecule has 5 aromatic carbocycles. The highest BCUT2D eigenvalue weighted by atomic mass is 15.1. The van der Waals surface area contributed by atoms with E-state index in [1.54, 1.807) is 0 Å². The Balaban J connectivity index is 1.60. The lowest BCUT2D eigenvalue weighted by Gasteiger charge is -2.40. The van der Waals surface area contributed by atoms with Crippen LogP contribution in [0.4, 0.5) is 0 Å². The van der Waals surface area contributed by atoms with Gasteiger partial charge in [-0.05, 0) is 38.9 Å². The molecular weight excluding hydrogens is 422 g/mol. The van der Waals surface area contributed by atoms with Gasteiger partial charge in [0.05, 0.1) is 0 Å². The highest BCUT2D eigenvalue weighted by Gasteiger charge is 2.61. The van der Waals surface area contributed by atoms with Crippen LogP contribution in [0.15, 0.2) is 140 Å². The van der Waals surface area contributed by atoms with Crippen molar-refractivity contribution < 1.29 is 0 Å². The number of hydrogen-bond acceptors (Lipinski definition) is 1. The van der Waals surface area contributed by atoms with Crippen LogP contribution in [0.3, 0.4) is 0 Å². The molecule has 1 N–H and O–H groups in total. The first kappa shape index (κ1) is 20.4. The highest BCUT2D eigenvalue weighted by molar-refractivity contribution is 5.83. The van der Waals surface area contributed by atoms with Crippen LogP contribution in [0, 0.1) is 0 Å². The summed E-state index contributed by atoms with van der Waals surface area (Å²) in [4.78, 5) is 0. The summed E-state index contributed by atoms with van der Waals surface area (Å²) in [5.41, 5.74) is 9.37. The van der Waals surface area contributed by atoms with Crippen molar-refractivity contribution in [2.45, 2.75) is 23.4 Å². The molecule has 5 aromatic rings. The van der Waals surface area contributed by atoms with Crippen molar-refractivity contribution in [3.8, 4) is 11.1 Å². The Kier molecular flexibility index (Phi) is 4.72. The van der Waals surface area contributed by atoms with Crippen LogP contribution in [0.2, 0.25) is 0 Å². The first-order valence-electron chi connectivity index (χ1n) is 12.5. The topological polar surface area (TPSA) is 12.0 Å². The van der Waals surface area contributed by atoms with Gasteiger partial charge in [0, 0.05) is 23.4 Å². The van der Waals surface area contributed by atoms with E-state index in [0.29, 0.717) is 0 Å². The predicted octanol–water partition coefficient (Wildman–Crippen LogP) is 7.82. The van der Waals surface area contributed by atoms with Crippen molar-refractivity contribution in [1.29, 1.82) is 0 Å². The SMILES string of the molecule is c1ccc([C@H]2N[C@@H](c3ccccc3)[C@@H](c3ccccc3)C23c2ccccc2-c2ccccc23)cc1. The highest BCUT2D eigenvalue weighted by Crippen LogP contribution is 2.67. The Bertz CT molecular complexity index is 1430. The molecule has 1 heteroatoms. The number of hydrogen-bond donors (Lipinski definition) is 1. The van der Waals surface area contributed by atoms with E-state index in [2.05, 4.69) is 145 Å². The van der Waals surface area contributed by atoms with Gasteiger partial charge in [-0.25, -0.2) is 0 Å². The van der Waals surface area contributed by atoms with E-state index in [0.717, 1.165) is 0 Å². The fourth-order valence-electron chi connectivity index (χ4n) is 6.87. The van der Waals surface area contributed by atoms with Gasteiger partial charge in [-0.15, -0.1) is 0 Å². The van der Waals surface area contributed by atoms with Gasteiger partial charge in [0.1, 0.15) is 0 Å². The van der Waals surface area contributed by atoms with Gasteiger partial charge in [0.25, 0.3) is 0 Å². The van der Waals surface area contributed by atoms with E-state index >= 15 is 0 Å². The van der Waals surface area contributed by atoms with E-state index < -0.39 is 0 Å². The molecule has 0 aromatic heterocycles. The third-order valence-electron chi connectivity index (χ3n) is 8.11. The molecule has 3 atom stereocenters. The molecule has 0 amide bonds.